The third kappa shape index (κ3) is 3.03. The zero-order chi connectivity index (χ0) is 18.5. The highest BCUT2D eigenvalue weighted by atomic mass is 32.2. The van der Waals surface area contributed by atoms with E-state index >= 15 is 0 Å². The molecule has 138 valence electrons. The van der Waals surface area contributed by atoms with Crippen LogP contribution in [-0.4, -0.2) is 54.0 Å². The molecular formula is C18H22N4O3S. The van der Waals surface area contributed by atoms with Gasteiger partial charge in [-0.2, -0.15) is 5.10 Å². The average Bonchev–Trinajstić information content (AvgIpc) is 3.40. The smallest absolute Gasteiger partial charge is 0.254 e. The lowest BCUT2D eigenvalue weighted by molar-refractivity contribution is 0.0706. The monoisotopic (exact) mass is 374 g/mol. The molecule has 0 N–H and O–H groups in total. The molecule has 1 amide bonds. The fourth-order valence-electron chi connectivity index (χ4n) is 3.20. The number of nitrogens with zero attached hydrogens (tertiary/aromatic N) is 4. The minimum Gasteiger partial charge on any atom is -0.331 e. The first-order valence-corrected chi connectivity index (χ1v) is 10.2. The molecule has 0 radical (unpaired) electrons. The van der Waals surface area contributed by atoms with E-state index in [9.17, 15) is 13.2 Å². The van der Waals surface area contributed by atoms with E-state index in [-0.39, 0.29) is 10.8 Å². The van der Waals surface area contributed by atoms with Gasteiger partial charge in [0.1, 0.15) is 0 Å². The minimum absolute atomic E-state index is 0.0841. The number of carbonyl (C=O) groups excluding carboxylic acids is 1. The zero-order valence-corrected chi connectivity index (χ0v) is 15.7. The lowest BCUT2D eigenvalue weighted by Gasteiger charge is -2.27. The van der Waals surface area contributed by atoms with Gasteiger partial charge < -0.3 is 4.90 Å². The van der Waals surface area contributed by atoms with E-state index in [0.29, 0.717) is 31.1 Å². The Balaban J connectivity index is 1.51. The first-order valence-electron chi connectivity index (χ1n) is 8.75. The Labute approximate surface area is 153 Å². The number of sulfonamides is 1. The van der Waals surface area contributed by atoms with Crippen molar-refractivity contribution in [2.75, 3.05) is 20.6 Å². The molecule has 2 aromatic rings. The van der Waals surface area contributed by atoms with Crippen LogP contribution < -0.4 is 0 Å². The Bertz CT molecular complexity index is 943. The summed E-state index contributed by atoms with van der Waals surface area (Å²) in [5, 5.41) is 4.64. The molecule has 26 heavy (non-hydrogen) atoms. The van der Waals surface area contributed by atoms with Crippen molar-refractivity contribution in [2.24, 2.45) is 0 Å². The van der Waals surface area contributed by atoms with Crippen molar-refractivity contribution in [3.05, 3.63) is 47.3 Å². The molecule has 7 nitrogen and oxygen atoms in total. The van der Waals surface area contributed by atoms with Gasteiger partial charge in [-0.05, 0) is 43.2 Å². The second kappa shape index (κ2) is 6.21. The maximum atomic E-state index is 12.8. The normalized spacial score (nSPS) is 17.4. The highest BCUT2D eigenvalue weighted by Gasteiger charge is 2.30. The fraction of sp³-hybridized carbons (Fsp3) is 0.444. The van der Waals surface area contributed by atoms with E-state index in [4.69, 9.17) is 0 Å². The fourth-order valence-corrected chi connectivity index (χ4v) is 4.11. The van der Waals surface area contributed by atoms with Crippen molar-refractivity contribution in [3.63, 3.8) is 0 Å². The van der Waals surface area contributed by atoms with Gasteiger partial charge in [-0.15, -0.1) is 0 Å². The summed E-state index contributed by atoms with van der Waals surface area (Å²) in [5.41, 5.74) is 2.71. The van der Waals surface area contributed by atoms with E-state index in [1.54, 1.807) is 17.0 Å². The van der Waals surface area contributed by atoms with Crippen molar-refractivity contribution in [3.8, 4) is 0 Å². The lowest BCUT2D eigenvalue weighted by atomic mass is 10.1. The quantitative estimate of drug-likeness (QED) is 0.816. The number of rotatable bonds is 4. The van der Waals surface area contributed by atoms with Crippen LogP contribution in [-0.2, 0) is 23.1 Å². The maximum Gasteiger partial charge on any atom is 0.254 e. The van der Waals surface area contributed by atoms with Gasteiger partial charge in [-0.25, -0.2) is 12.7 Å². The number of benzene rings is 1. The van der Waals surface area contributed by atoms with Crippen LogP contribution in [0.3, 0.4) is 0 Å². The Morgan fingerprint density at radius 2 is 1.85 bits per heavy atom. The standard InChI is InChI=1S/C18H22N4O3S/c1-20(2)26(24,25)16-7-5-14(6-8-16)18(23)21-9-10-22-15(12-21)11-17(19-22)13-3-4-13/h5-8,11,13H,3-4,9-10,12H2,1-2H3. The number of amides is 1. The number of hydrogen-bond donors (Lipinski definition) is 0. The molecule has 1 aromatic carbocycles. The van der Waals surface area contributed by atoms with Gasteiger partial charge in [0, 0.05) is 32.1 Å². The molecule has 0 unspecified atom stereocenters. The van der Waals surface area contributed by atoms with Crippen LogP contribution >= 0.6 is 0 Å². The van der Waals surface area contributed by atoms with Gasteiger partial charge in [0.2, 0.25) is 10.0 Å². The van der Waals surface area contributed by atoms with E-state index in [0.717, 1.165) is 15.7 Å². The van der Waals surface area contributed by atoms with E-state index in [2.05, 4.69) is 11.2 Å². The van der Waals surface area contributed by atoms with Crippen molar-refractivity contribution in [1.29, 1.82) is 0 Å². The van der Waals surface area contributed by atoms with Crippen LogP contribution in [0.5, 0.6) is 0 Å². The molecule has 1 saturated carbocycles. The largest absolute Gasteiger partial charge is 0.331 e. The number of aromatic nitrogens is 2. The average molecular weight is 374 g/mol. The first kappa shape index (κ1) is 17.2. The SMILES string of the molecule is CN(C)S(=O)(=O)c1ccc(C(=O)N2CCn3nc(C4CC4)cc3C2)cc1. The predicted molar refractivity (Wildman–Crippen MR) is 96.3 cm³/mol. The molecule has 1 aliphatic carbocycles. The topological polar surface area (TPSA) is 75.5 Å². The molecule has 0 bridgehead atoms. The van der Waals surface area contributed by atoms with Gasteiger partial charge in [0.15, 0.2) is 0 Å². The lowest BCUT2D eigenvalue weighted by Crippen LogP contribution is -2.38. The van der Waals surface area contributed by atoms with Gasteiger partial charge in [0.05, 0.1) is 29.4 Å². The summed E-state index contributed by atoms with van der Waals surface area (Å²) in [6.07, 6.45) is 2.42. The van der Waals surface area contributed by atoms with Crippen LogP contribution in [0.1, 0.15) is 40.5 Å². The number of fused-ring (bicyclic) bond motifs is 1. The van der Waals surface area contributed by atoms with E-state index in [1.807, 2.05) is 4.68 Å². The molecule has 0 atom stereocenters. The molecule has 0 saturated heterocycles. The van der Waals surface area contributed by atoms with Gasteiger partial charge in [-0.1, -0.05) is 0 Å². The summed E-state index contributed by atoms with van der Waals surface area (Å²) in [5.74, 6) is 0.516. The summed E-state index contributed by atoms with van der Waals surface area (Å²) in [6.45, 7) is 1.84. The number of carbonyl (C=O) groups is 1. The van der Waals surface area contributed by atoms with Crippen molar-refractivity contribution in [1.82, 2.24) is 19.0 Å². The van der Waals surface area contributed by atoms with Crippen LogP contribution in [0.2, 0.25) is 0 Å². The van der Waals surface area contributed by atoms with Gasteiger partial charge in [-0.3, -0.25) is 9.48 Å². The Morgan fingerprint density at radius 1 is 1.15 bits per heavy atom. The van der Waals surface area contributed by atoms with Gasteiger partial charge in [0.25, 0.3) is 5.91 Å². The third-order valence-electron chi connectivity index (χ3n) is 4.98. The van der Waals surface area contributed by atoms with Crippen LogP contribution in [0, 0.1) is 0 Å². The summed E-state index contributed by atoms with van der Waals surface area (Å²) in [4.78, 5) is 14.8. The summed E-state index contributed by atoms with van der Waals surface area (Å²) >= 11 is 0. The molecule has 8 heteroatoms. The first-order chi connectivity index (χ1) is 12.4. The molecule has 0 spiro atoms. The van der Waals surface area contributed by atoms with Crippen LogP contribution in [0.25, 0.3) is 0 Å². The van der Waals surface area contributed by atoms with Crippen LogP contribution in [0.4, 0.5) is 0 Å². The molecule has 1 aromatic heterocycles. The second-order valence-electron chi connectivity index (χ2n) is 7.10. The highest BCUT2D eigenvalue weighted by molar-refractivity contribution is 7.89. The summed E-state index contributed by atoms with van der Waals surface area (Å²) in [7, 11) is -0.512. The highest BCUT2D eigenvalue weighted by Crippen LogP contribution is 2.39. The van der Waals surface area contributed by atoms with Crippen LogP contribution in [0.15, 0.2) is 35.2 Å². The van der Waals surface area contributed by atoms with Gasteiger partial charge >= 0.3 is 0 Å². The zero-order valence-electron chi connectivity index (χ0n) is 14.9. The molecule has 1 fully saturated rings. The Morgan fingerprint density at radius 3 is 2.46 bits per heavy atom. The molecule has 2 aliphatic rings. The minimum atomic E-state index is -3.49. The Hall–Kier alpha value is -2.19. The maximum absolute atomic E-state index is 12.8. The third-order valence-corrected chi connectivity index (χ3v) is 6.81. The summed E-state index contributed by atoms with van der Waals surface area (Å²) < 4.78 is 27.4. The number of hydrogen-bond acceptors (Lipinski definition) is 4. The molecule has 1 aliphatic heterocycles. The van der Waals surface area contributed by atoms with Crippen molar-refractivity contribution in [2.45, 2.75) is 36.7 Å². The van der Waals surface area contributed by atoms with E-state index in [1.165, 1.54) is 39.1 Å². The predicted octanol–water partition coefficient (Wildman–Crippen LogP) is 1.67. The van der Waals surface area contributed by atoms with Crippen molar-refractivity contribution < 1.29 is 13.2 Å². The molecular weight excluding hydrogens is 352 g/mol. The van der Waals surface area contributed by atoms with Crippen molar-refractivity contribution >= 4 is 15.9 Å². The molecule has 4 rings (SSSR count). The summed E-state index contributed by atoms with van der Waals surface area (Å²) in [6, 6.07) is 8.26. The Kier molecular flexibility index (Phi) is 4.11. The van der Waals surface area contributed by atoms with E-state index < -0.39 is 10.0 Å². The molecule has 2 heterocycles. The second-order valence-corrected chi connectivity index (χ2v) is 9.25.